The Hall–Kier alpha value is -1.13. The summed E-state index contributed by atoms with van der Waals surface area (Å²) in [7, 11) is 2.14. The minimum atomic E-state index is 0.566. The second kappa shape index (κ2) is 5.88. The van der Waals surface area contributed by atoms with E-state index in [1.165, 1.54) is 18.4 Å². The number of aromatic nitrogens is 1. The first-order valence-electron chi connectivity index (χ1n) is 7.32. The van der Waals surface area contributed by atoms with Gasteiger partial charge in [-0.2, -0.15) is 0 Å². The van der Waals surface area contributed by atoms with Gasteiger partial charge in [-0.1, -0.05) is 6.07 Å². The molecule has 1 aromatic heterocycles. The van der Waals surface area contributed by atoms with E-state index in [2.05, 4.69) is 34.4 Å². The van der Waals surface area contributed by atoms with Crippen LogP contribution in [0, 0.1) is 0 Å². The SMILES string of the molecule is CN(c1ccc(CNC2CC2)cn1)C1CCOCC1. The Balaban J connectivity index is 1.57. The Bertz CT molecular complexity index is 396. The van der Waals surface area contributed by atoms with Crippen LogP contribution in [0.3, 0.4) is 0 Å². The highest BCUT2D eigenvalue weighted by Crippen LogP contribution is 2.21. The normalized spacial score (nSPS) is 20.5. The van der Waals surface area contributed by atoms with Crippen LogP contribution in [0.15, 0.2) is 18.3 Å². The maximum atomic E-state index is 5.41. The second-order valence-corrected chi connectivity index (χ2v) is 5.63. The highest BCUT2D eigenvalue weighted by Gasteiger charge is 2.21. The van der Waals surface area contributed by atoms with E-state index >= 15 is 0 Å². The molecular formula is C15H23N3O. The Labute approximate surface area is 115 Å². The first-order valence-corrected chi connectivity index (χ1v) is 7.32. The molecule has 1 aliphatic heterocycles. The van der Waals surface area contributed by atoms with Crippen LogP contribution in [-0.4, -0.2) is 37.3 Å². The highest BCUT2D eigenvalue weighted by atomic mass is 16.5. The predicted molar refractivity (Wildman–Crippen MR) is 76.3 cm³/mol. The molecule has 2 heterocycles. The molecule has 0 amide bonds. The zero-order valence-electron chi connectivity index (χ0n) is 11.6. The van der Waals surface area contributed by atoms with Crippen LogP contribution in [0.25, 0.3) is 0 Å². The molecule has 19 heavy (non-hydrogen) atoms. The fourth-order valence-corrected chi connectivity index (χ4v) is 2.54. The minimum absolute atomic E-state index is 0.566. The maximum Gasteiger partial charge on any atom is 0.128 e. The van der Waals surface area contributed by atoms with Crippen molar-refractivity contribution in [2.75, 3.05) is 25.2 Å². The highest BCUT2D eigenvalue weighted by molar-refractivity contribution is 5.39. The van der Waals surface area contributed by atoms with Crippen molar-refractivity contribution in [3.05, 3.63) is 23.9 Å². The number of anilines is 1. The van der Waals surface area contributed by atoms with E-state index in [4.69, 9.17) is 4.74 Å². The van der Waals surface area contributed by atoms with Gasteiger partial charge in [0, 0.05) is 45.1 Å². The van der Waals surface area contributed by atoms with Crippen LogP contribution in [-0.2, 0) is 11.3 Å². The van der Waals surface area contributed by atoms with Crippen LogP contribution < -0.4 is 10.2 Å². The topological polar surface area (TPSA) is 37.4 Å². The Morgan fingerprint density at radius 2 is 2.05 bits per heavy atom. The van der Waals surface area contributed by atoms with Gasteiger partial charge < -0.3 is 15.0 Å². The molecule has 4 nitrogen and oxygen atoms in total. The largest absolute Gasteiger partial charge is 0.381 e. The van der Waals surface area contributed by atoms with Crippen molar-refractivity contribution < 1.29 is 4.74 Å². The van der Waals surface area contributed by atoms with Crippen LogP contribution in [0.5, 0.6) is 0 Å². The summed E-state index contributed by atoms with van der Waals surface area (Å²) in [6.07, 6.45) is 6.86. The van der Waals surface area contributed by atoms with E-state index in [-0.39, 0.29) is 0 Å². The molecule has 0 bridgehead atoms. The summed E-state index contributed by atoms with van der Waals surface area (Å²) in [5.41, 5.74) is 1.27. The monoisotopic (exact) mass is 261 g/mol. The van der Waals surface area contributed by atoms with Crippen molar-refractivity contribution in [2.45, 2.75) is 44.3 Å². The third-order valence-electron chi connectivity index (χ3n) is 4.08. The van der Waals surface area contributed by atoms with Gasteiger partial charge in [0.15, 0.2) is 0 Å². The second-order valence-electron chi connectivity index (χ2n) is 5.63. The molecule has 2 fully saturated rings. The average Bonchev–Trinajstić information content (AvgIpc) is 3.30. The summed E-state index contributed by atoms with van der Waals surface area (Å²) in [5, 5.41) is 3.51. The van der Waals surface area contributed by atoms with Gasteiger partial charge in [-0.3, -0.25) is 0 Å². The lowest BCUT2D eigenvalue weighted by atomic mass is 10.1. The van der Waals surface area contributed by atoms with Gasteiger partial charge in [0.1, 0.15) is 5.82 Å². The van der Waals surface area contributed by atoms with Gasteiger partial charge in [0.25, 0.3) is 0 Å². The molecule has 1 saturated heterocycles. The van der Waals surface area contributed by atoms with Crippen LogP contribution in [0.4, 0.5) is 5.82 Å². The van der Waals surface area contributed by atoms with Crippen molar-refractivity contribution in [3.63, 3.8) is 0 Å². The third kappa shape index (κ3) is 3.45. The number of hydrogen-bond donors (Lipinski definition) is 1. The van der Waals surface area contributed by atoms with Gasteiger partial charge in [-0.05, 0) is 37.3 Å². The van der Waals surface area contributed by atoms with E-state index < -0.39 is 0 Å². The van der Waals surface area contributed by atoms with E-state index in [0.717, 1.165) is 44.5 Å². The average molecular weight is 261 g/mol. The fraction of sp³-hybridized carbons (Fsp3) is 0.667. The quantitative estimate of drug-likeness (QED) is 0.879. The molecule has 0 spiro atoms. The van der Waals surface area contributed by atoms with Gasteiger partial charge in [-0.25, -0.2) is 4.98 Å². The third-order valence-corrected chi connectivity index (χ3v) is 4.08. The zero-order valence-corrected chi connectivity index (χ0v) is 11.6. The van der Waals surface area contributed by atoms with E-state index in [9.17, 15) is 0 Å². The Morgan fingerprint density at radius 1 is 1.26 bits per heavy atom. The van der Waals surface area contributed by atoms with Crippen molar-refractivity contribution in [2.24, 2.45) is 0 Å². The fourth-order valence-electron chi connectivity index (χ4n) is 2.54. The molecule has 1 aliphatic carbocycles. The van der Waals surface area contributed by atoms with Gasteiger partial charge in [0.05, 0.1) is 0 Å². The van der Waals surface area contributed by atoms with E-state index in [0.29, 0.717) is 6.04 Å². The van der Waals surface area contributed by atoms with Crippen LogP contribution in [0.2, 0.25) is 0 Å². The molecule has 1 N–H and O–H groups in total. The van der Waals surface area contributed by atoms with Crippen LogP contribution >= 0.6 is 0 Å². The molecule has 0 aromatic carbocycles. The number of nitrogens with zero attached hydrogens (tertiary/aromatic N) is 2. The number of rotatable bonds is 5. The maximum absolute atomic E-state index is 5.41. The molecule has 104 valence electrons. The number of pyridine rings is 1. The van der Waals surface area contributed by atoms with Crippen molar-refractivity contribution in [1.82, 2.24) is 10.3 Å². The smallest absolute Gasteiger partial charge is 0.128 e. The molecule has 1 saturated carbocycles. The zero-order chi connectivity index (χ0) is 13.1. The Kier molecular flexibility index (Phi) is 3.99. The Morgan fingerprint density at radius 3 is 2.68 bits per heavy atom. The van der Waals surface area contributed by atoms with Crippen molar-refractivity contribution in [3.8, 4) is 0 Å². The van der Waals surface area contributed by atoms with Gasteiger partial charge in [0.2, 0.25) is 0 Å². The summed E-state index contributed by atoms with van der Waals surface area (Å²) in [6.45, 7) is 2.69. The van der Waals surface area contributed by atoms with Gasteiger partial charge >= 0.3 is 0 Å². The summed E-state index contributed by atoms with van der Waals surface area (Å²) < 4.78 is 5.41. The molecule has 2 aliphatic rings. The molecule has 3 rings (SSSR count). The first-order chi connectivity index (χ1) is 9.33. The molecule has 4 heteroatoms. The molecule has 0 atom stereocenters. The van der Waals surface area contributed by atoms with Crippen molar-refractivity contribution in [1.29, 1.82) is 0 Å². The molecule has 0 radical (unpaired) electrons. The summed E-state index contributed by atoms with van der Waals surface area (Å²) in [4.78, 5) is 6.89. The van der Waals surface area contributed by atoms with Crippen LogP contribution in [0.1, 0.15) is 31.2 Å². The summed E-state index contributed by atoms with van der Waals surface area (Å²) in [6, 6.07) is 5.65. The van der Waals surface area contributed by atoms with E-state index in [1.807, 2.05) is 6.20 Å². The predicted octanol–water partition coefficient (Wildman–Crippen LogP) is 1.95. The minimum Gasteiger partial charge on any atom is -0.381 e. The number of nitrogens with one attached hydrogen (secondary N) is 1. The summed E-state index contributed by atoms with van der Waals surface area (Å²) >= 11 is 0. The number of ether oxygens (including phenoxy) is 1. The molecular weight excluding hydrogens is 238 g/mol. The standard InChI is InChI=1S/C15H23N3O/c1-18(14-6-8-19-9-7-14)15-5-2-12(11-17-15)10-16-13-3-4-13/h2,5,11,13-14,16H,3-4,6-10H2,1H3. The number of hydrogen-bond acceptors (Lipinski definition) is 4. The lowest BCUT2D eigenvalue weighted by Gasteiger charge is -2.32. The first kappa shape index (κ1) is 12.9. The van der Waals surface area contributed by atoms with Crippen molar-refractivity contribution >= 4 is 5.82 Å². The molecule has 1 aromatic rings. The van der Waals surface area contributed by atoms with Gasteiger partial charge in [-0.15, -0.1) is 0 Å². The molecule has 0 unspecified atom stereocenters. The lowest BCUT2D eigenvalue weighted by molar-refractivity contribution is 0.0853. The van der Waals surface area contributed by atoms with E-state index in [1.54, 1.807) is 0 Å². The lowest BCUT2D eigenvalue weighted by Crippen LogP contribution is -2.37. The summed E-state index contributed by atoms with van der Waals surface area (Å²) in [5.74, 6) is 1.07.